The van der Waals surface area contributed by atoms with Gasteiger partial charge in [-0.25, -0.2) is 8.42 Å². The highest BCUT2D eigenvalue weighted by atomic mass is 32.2. The van der Waals surface area contributed by atoms with Crippen LogP contribution in [0.5, 0.6) is 11.5 Å². The molecule has 0 bridgehead atoms. The lowest BCUT2D eigenvalue weighted by Gasteiger charge is -2.12. The van der Waals surface area contributed by atoms with Crippen LogP contribution in [0.1, 0.15) is 17.0 Å². The molecule has 0 spiro atoms. The van der Waals surface area contributed by atoms with Crippen LogP contribution in [0, 0.1) is 12.3 Å². The van der Waals surface area contributed by atoms with Crippen LogP contribution in [0.25, 0.3) is 0 Å². The third kappa shape index (κ3) is 2.67. The Hall–Kier alpha value is -2.58. The minimum Gasteiger partial charge on any atom is -0.481 e. The Labute approximate surface area is 162 Å². The number of hydrogen-bond donors (Lipinski definition) is 1. The molecular formula is C20H20O7S. The number of aryl methyl sites for hydroxylation is 1. The largest absolute Gasteiger partial charge is 0.481 e. The van der Waals surface area contributed by atoms with Gasteiger partial charge >= 0.3 is 5.97 Å². The van der Waals surface area contributed by atoms with E-state index in [9.17, 15) is 18.3 Å². The third-order valence-corrected chi connectivity index (χ3v) is 7.77. The summed E-state index contributed by atoms with van der Waals surface area (Å²) >= 11 is 0. The van der Waals surface area contributed by atoms with Crippen molar-refractivity contribution in [3.05, 3.63) is 53.6 Å². The van der Waals surface area contributed by atoms with Gasteiger partial charge in [0.15, 0.2) is 21.3 Å². The molecular weight excluding hydrogens is 384 g/mol. The molecule has 0 aromatic heterocycles. The van der Waals surface area contributed by atoms with Gasteiger partial charge in [-0.3, -0.25) is 4.79 Å². The first-order valence-corrected chi connectivity index (χ1v) is 10.3. The monoisotopic (exact) mass is 404 g/mol. The number of aliphatic carboxylic acids is 1. The van der Waals surface area contributed by atoms with Crippen molar-refractivity contribution < 1.29 is 32.5 Å². The lowest BCUT2D eigenvalue weighted by atomic mass is 9.99. The molecule has 1 saturated carbocycles. The van der Waals surface area contributed by atoms with Gasteiger partial charge in [-0.05, 0) is 36.8 Å². The van der Waals surface area contributed by atoms with Crippen LogP contribution >= 0.6 is 0 Å². The van der Waals surface area contributed by atoms with Gasteiger partial charge in [0, 0.05) is 13.0 Å². The quantitative estimate of drug-likeness (QED) is 0.789. The SMILES string of the molecule is COC[C@@]1(C(=O)O)[C@H](c2ccc3c(c2)OCO3)[C@@H]1S(=O)(=O)c1ccc(C)cc1. The number of sulfone groups is 1. The predicted molar refractivity (Wildman–Crippen MR) is 99.4 cm³/mol. The van der Waals surface area contributed by atoms with Crippen LogP contribution in [0.2, 0.25) is 0 Å². The fourth-order valence-electron chi connectivity index (χ4n) is 4.04. The molecule has 1 heterocycles. The van der Waals surface area contributed by atoms with Crippen LogP contribution in [0.4, 0.5) is 0 Å². The Morgan fingerprint density at radius 2 is 1.86 bits per heavy atom. The van der Waals surface area contributed by atoms with E-state index in [2.05, 4.69) is 0 Å². The molecule has 1 N–H and O–H groups in total. The van der Waals surface area contributed by atoms with E-state index in [1.807, 2.05) is 6.92 Å². The molecule has 4 rings (SSSR count). The summed E-state index contributed by atoms with van der Waals surface area (Å²) in [5, 5.41) is 8.85. The molecule has 148 valence electrons. The Kier molecular flexibility index (Phi) is 4.35. The smallest absolute Gasteiger partial charge is 0.314 e. The molecule has 1 aliphatic heterocycles. The number of carboxylic acid groups (broad SMARTS) is 1. The highest BCUT2D eigenvalue weighted by molar-refractivity contribution is 7.92. The molecule has 0 saturated heterocycles. The van der Waals surface area contributed by atoms with Gasteiger partial charge in [-0.15, -0.1) is 0 Å². The van der Waals surface area contributed by atoms with E-state index in [1.54, 1.807) is 30.3 Å². The van der Waals surface area contributed by atoms with Gasteiger partial charge in [0.1, 0.15) is 5.41 Å². The van der Waals surface area contributed by atoms with Crippen LogP contribution in [-0.4, -0.2) is 45.3 Å². The summed E-state index contributed by atoms with van der Waals surface area (Å²) < 4.78 is 42.5. The number of carboxylic acids is 1. The summed E-state index contributed by atoms with van der Waals surface area (Å²) in [6.45, 7) is 1.73. The summed E-state index contributed by atoms with van der Waals surface area (Å²) in [6, 6.07) is 11.4. The van der Waals surface area contributed by atoms with Gasteiger partial charge in [0.25, 0.3) is 0 Å². The fourth-order valence-corrected chi connectivity index (χ4v) is 6.40. The average Bonchev–Trinajstić information content (AvgIpc) is 3.13. The summed E-state index contributed by atoms with van der Waals surface area (Å²) in [7, 11) is -2.53. The first-order valence-electron chi connectivity index (χ1n) is 8.75. The molecule has 2 aromatic rings. The van der Waals surface area contributed by atoms with Crippen molar-refractivity contribution in [3.8, 4) is 11.5 Å². The number of carbonyl (C=O) groups is 1. The maximum absolute atomic E-state index is 13.3. The van der Waals surface area contributed by atoms with Crippen LogP contribution < -0.4 is 9.47 Å². The number of methoxy groups -OCH3 is 1. The summed E-state index contributed by atoms with van der Waals surface area (Å²) in [4.78, 5) is 12.3. The summed E-state index contributed by atoms with van der Waals surface area (Å²) in [6.07, 6.45) is 0. The first-order chi connectivity index (χ1) is 13.3. The van der Waals surface area contributed by atoms with Gasteiger partial charge in [0.05, 0.1) is 16.8 Å². The molecule has 1 fully saturated rings. The fraction of sp³-hybridized carbons (Fsp3) is 0.350. The number of ether oxygens (including phenoxy) is 3. The molecule has 8 heteroatoms. The van der Waals surface area contributed by atoms with Crippen LogP contribution in [-0.2, 0) is 19.4 Å². The second kappa shape index (κ2) is 6.49. The second-order valence-corrected chi connectivity index (χ2v) is 9.22. The van der Waals surface area contributed by atoms with E-state index in [4.69, 9.17) is 14.2 Å². The second-order valence-electron chi connectivity index (χ2n) is 7.15. The van der Waals surface area contributed by atoms with Crippen molar-refractivity contribution in [1.29, 1.82) is 0 Å². The Balaban J connectivity index is 1.81. The van der Waals surface area contributed by atoms with Crippen molar-refractivity contribution in [2.75, 3.05) is 20.5 Å². The van der Waals surface area contributed by atoms with Crippen molar-refractivity contribution >= 4 is 15.8 Å². The van der Waals surface area contributed by atoms with Crippen molar-refractivity contribution in [1.82, 2.24) is 0 Å². The predicted octanol–water partition coefficient (Wildman–Crippen LogP) is 2.38. The van der Waals surface area contributed by atoms with Gasteiger partial charge < -0.3 is 19.3 Å². The highest BCUT2D eigenvalue weighted by Gasteiger charge is 2.76. The van der Waals surface area contributed by atoms with Gasteiger partial charge in [0.2, 0.25) is 6.79 Å². The normalized spacial score (nSPS) is 25.5. The number of hydrogen-bond acceptors (Lipinski definition) is 6. The lowest BCUT2D eigenvalue weighted by Crippen LogP contribution is -2.28. The molecule has 0 radical (unpaired) electrons. The van der Waals surface area contributed by atoms with Crippen molar-refractivity contribution in [3.63, 3.8) is 0 Å². The number of fused-ring (bicyclic) bond motifs is 1. The molecule has 0 amide bonds. The average molecular weight is 404 g/mol. The van der Waals surface area contributed by atoms with Crippen molar-refractivity contribution in [2.24, 2.45) is 5.41 Å². The number of rotatable bonds is 6. The number of benzene rings is 2. The van der Waals surface area contributed by atoms with Crippen LogP contribution in [0.3, 0.4) is 0 Å². The summed E-state index contributed by atoms with van der Waals surface area (Å²) in [5.74, 6) is -0.925. The highest BCUT2D eigenvalue weighted by Crippen LogP contribution is 2.65. The zero-order valence-electron chi connectivity index (χ0n) is 15.4. The lowest BCUT2D eigenvalue weighted by molar-refractivity contribution is -0.145. The van der Waals surface area contributed by atoms with E-state index in [-0.39, 0.29) is 18.3 Å². The minimum atomic E-state index is -3.90. The van der Waals surface area contributed by atoms with E-state index in [1.165, 1.54) is 19.2 Å². The first kappa shape index (κ1) is 18.8. The Morgan fingerprint density at radius 3 is 2.50 bits per heavy atom. The minimum absolute atomic E-state index is 0.0801. The molecule has 28 heavy (non-hydrogen) atoms. The molecule has 2 aromatic carbocycles. The van der Waals surface area contributed by atoms with Crippen LogP contribution in [0.15, 0.2) is 47.4 Å². The van der Waals surface area contributed by atoms with E-state index >= 15 is 0 Å². The molecule has 0 unspecified atom stereocenters. The molecule has 7 nitrogen and oxygen atoms in total. The van der Waals surface area contributed by atoms with Gasteiger partial charge in [-0.2, -0.15) is 0 Å². The van der Waals surface area contributed by atoms with Gasteiger partial charge in [-0.1, -0.05) is 23.8 Å². The molecule has 3 atom stereocenters. The summed E-state index contributed by atoms with van der Waals surface area (Å²) in [5.41, 5.74) is -0.0700. The van der Waals surface area contributed by atoms with E-state index in [0.29, 0.717) is 17.1 Å². The van der Waals surface area contributed by atoms with E-state index < -0.39 is 32.4 Å². The van der Waals surface area contributed by atoms with Crippen molar-refractivity contribution in [2.45, 2.75) is 23.0 Å². The standard InChI is InChI=1S/C20H20O7S/c1-12-3-6-14(7-4-12)28(23,24)18-17(20(18,10-25-2)19(21)22)13-5-8-15-16(9-13)27-11-26-15/h3-9,17-18H,10-11H2,1-2H3,(H,21,22)/t17-,18+,20-/m1/s1. The molecule has 2 aliphatic rings. The zero-order valence-corrected chi connectivity index (χ0v) is 16.2. The third-order valence-electron chi connectivity index (χ3n) is 5.48. The maximum Gasteiger partial charge on any atom is 0.314 e. The molecule has 1 aliphatic carbocycles. The maximum atomic E-state index is 13.3. The Morgan fingerprint density at radius 1 is 1.18 bits per heavy atom. The zero-order chi connectivity index (χ0) is 20.1. The Bertz CT molecular complexity index is 1030. The van der Waals surface area contributed by atoms with E-state index in [0.717, 1.165) is 5.56 Å². The topological polar surface area (TPSA) is 99.1 Å².